The highest BCUT2D eigenvalue weighted by atomic mass is 32.2. The first-order valence-corrected chi connectivity index (χ1v) is 6.97. The molecule has 7 nitrogen and oxygen atoms in total. The number of rotatable bonds is 5. The lowest BCUT2D eigenvalue weighted by Gasteiger charge is -2.13. The highest BCUT2D eigenvalue weighted by molar-refractivity contribution is 7.88. The van der Waals surface area contributed by atoms with Gasteiger partial charge in [0.05, 0.1) is 26.0 Å². The fourth-order valence-corrected chi connectivity index (χ4v) is 2.63. The van der Waals surface area contributed by atoms with Gasteiger partial charge in [-0.05, 0) is 13.8 Å². The van der Waals surface area contributed by atoms with Crippen LogP contribution >= 0.6 is 0 Å². The third-order valence-corrected chi connectivity index (χ3v) is 3.56. The first-order chi connectivity index (χ1) is 7.80. The van der Waals surface area contributed by atoms with E-state index in [2.05, 4.69) is 0 Å². The molecule has 0 bridgehead atoms. The quantitative estimate of drug-likeness (QED) is 0.364. The minimum Gasteiger partial charge on any atom is -0.464 e. The van der Waals surface area contributed by atoms with Crippen LogP contribution in [0.2, 0.25) is 0 Å². The molecule has 1 rings (SSSR count). The predicted molar refractivity (Wildman–Crippen MR) is 57.5 cm³/mol. The maximum atomic E-state index is 11.7. The van der Waals surface area contributed by atoms with E-state index in [1.165, 1.54) is 0 Å². The van der Waals surface area contributed by atoms with Crippen molar-refractivity contribution < 1.29 is 27.5 Å². The van der Waals surface area contributed by atoms with E-state index in [1.807, 2.05) is 0 Å². The molecule has 0 aromatic rings. The van der Waals surface area contributed by atoms with Gasteiger partial charge in [-0.25, -0.2) is 18.0 Å². The molecule has 1 aliphatic heterocycles. The fourth-order valence-electron chi connectivity index (χ4n) is 1.49. The molecule has 0 N–H and O–H groups in total. The van der Waals surface area contributed by atoms with Crippen molar-refractivity contribution >= 4 is 22.0 Å². The van der Waals surface area contributed by atoms with Gasteiger partial charge in [-0.1, -0.05) is 0 Å². The Morgan fingerprint density at radius 2 is 1.59 bits per heavy atom. The second-order valence-corrected chi connectivity index (χ2v) is 5.48. The molecule has 1 heterocycles. The molecule has 0 aromatic carbocycles. The Bertz CT molecular complexity index is 411. The zero-order valence-electron chi connectivity index (χ0n) is 9.93. The molecule has 0 aliphatic carbocycles. The van der Waals surface area contributed by atoms with E-state index in [0.717, 1.165) is 10.6 Å². The van der Waals surface area contributed by atoms with Crippen LogP contribution in [-0.4, -0.2) is 56.2 Å². The van der Waals surface area contributed by atoms with Gasteiger partial charge in [0.2, 0.25) is 15.6 Å². The summed E-state index contributed by atoms with van der Waals surface area (Å²) in [6, 6.07) is 0. The van der Waals surface area contributed by atoms with E-state index in [0.29, 0.717) is 0 Å². The first-order valence-electron chi connectivity index (χ1n) is 5.13. The number of carbonyl (C=O) groups excluding carboxylic acids is 2. The summed E-state index contributed by atoms with van der Waals surface area (Å²) in [5.74, 6) is -1.77. The third-order valence-electron chi connectivity index (χ3n) is 2.32. The van der Waals surface area contributed by atoms with Gasteiger partial charge < -0.3 is 9.47 Å². The average Bonchev–Trinajstić information content (AvgIpc) is 2.94. The van der Waals surface area contributed by atoms with Crippen LogP contribution in [0.5, 0.6) is 0 Å². The molecule has 17 heavy (non-hydrogen) atoms. The van der Waals surface area contributed by atoms with Crippen LogP contribution in [0.4, 0.5) is 0 Å². The summed E-state index contributed by atoms with van der Waals surface area (Å²) in [5, 5.41) is 0. The Hall–Kier alpha value is -1.15. The smallest absolute Gasteiger partial charge is 0.340 e. The van der Waals surface area contributed by atoms with Crippen LogP contribution in [0.1, 0.15) is 13.8 Å². The molecule has 0 aromatic heterocycles. The van der Waals surface area contributed by atoms with Gasteiger partial charge in [-0.2, -0.15) is 4.31 Å². The molecule has 8 heteroatoms. The summed E-state index contributed by atoms with van der Waals surface area (Å²) in [6.45, 7) is 3.06. The second kappa shape index (κ2) is 4.61. The summed E-state index contributed by atoms with van der Waals surface area (Å²) < 4.78 is 32.9. The Kier molecular flexibility index (Phi) is 3.78. The summed E-state index contributed by atoms with van der Waals surface area (Å²) in [7, 11) is -3.63. The molecule has 1 atom stereocenters. The number of hydrogen-bond acceptors (Lipinski definition) is 6. The van der Waals surface area contributed by atoms with Gasteiger partial charge >= 0.3 is 11.9 Å². The Morgan fingerprint density at radius 1 is 1.18 bits per heavy atom. The summed E-state index contributed by atoms with van der Waals surface area (Å²) in [4.78, 5) is 23.3. The monoisotopic (exact) mass is 265 g/mol. The summed E-state index contributed by atoms with van der Waals surface area (Å²) in [6.07, 6.45) is 0.924. The van der Waals surface area contributed by atoms with Gasteiger partial charge in [0, 0.05) is 0 Å². The first kappa shape index (κ1) is 13.9. The van der Waals surface area contributed by atoms with Crippen molar-refractivity contribution in [2.75, 3.05) is 26.0 Å². The van der Waals surface area contributed by atoms with Crippen molar-refractivity contribution in [3.63, 3.8) is 0 Å². The average molecular weight is 265 g/mol. The zero-order valence-corrected chi connectivity index (χ0v) is 10.7. The van der Waals surface area contributed by atoms with E-state index in [9.17, 15) is 18.0 Å². The Balaban J connectivity index is 2.99. The molecule has 1 saturated heterocycles. The van der Waals surface area contributed by atoms with Crippen LogP contribution in [0, 0.1) is 0 Å². The van der Waals surface area contributed by atoms with Crippen LogP contribution in [0.3, 0.4) is 0 Å². The van der Waals surface area contributed by atoms with Crippen molar-refractivity contribution in [2.24, 2.45) is 0 Å². The van der Waals surface area contributed by atoms with Crippen molar-refractivity contribution in [2.45, 2.75) is 19.4 Å². The van der Waals surface area contributed by atoms with Crippen molar-refractivity contribution in [1.29, 1.82) is 0 Å². The van der Waals surface area contributed by atoms with Gasteiger partial charge in [0.1, 0.15) is 0 Å². The number of nitrogens with zero attached hydrogens (tertiary/aromatic N) is 1. The highest BCUT2D eigenvalue weighted by Gasteiger charge is 2.71. The van der Waals surface area contributed by atoms with E-state index >= 15 is 0 Å². The lowest BCUT2D eigenvalue weighted by atomic mass is 10.1. The van der Waals surface area contributed by atoms with E-state index in [-0.39, 0.29) is 19.8 Å². The van der Waals surface area contributed by atoms with E-state index in [4.69, 9.17) is 9.47 Å². The molecule has 98 valence electrons. The molecule has 0 radical (unpaired) electrons. The highest BCUT2D eigenvalue weighted by Crippen LogP contribution is 2.37. The molecular formula is C9H15NO6S. The largest absolute Gasteiger partial charge is 0.464 e. The van der Waals surface area contributed by atoms with Crippen molar-refractivity contribution in [1.82, 2.24) is 4.31 Å². The van der Waals surface area contributed by atoms with Gasteiger partial charge in [-0.3, -0.25) is 0 Å². The topological polar surface area (TPSA) is 89.8 Å². The van der Waals surface area contributed by atoms with Crippen LogP contribution in [0.15, 0.2) is 0 Å². The third kappa shape index (κ3) is 2.42. The zero-order chi connectivity index (χ0) is 13.3. The lowest BCUT2D eigenvalue weighted by molar-refractivity contribution is -0.159. The number of carbonyl (C=O) groups is 2. The molecule has 1 unspecified atom stereocenters. The molecule has 0 spiro atoms. The second-order valence-electron chi connectivity index (χ2n) is 3.57. The minimum absolute atomic E-state index is 0.0671. The van der Waals surface area contributed by atoms with E-state index in [1.54, 1.807) is 13.8 Å². The van der Waals surface area contributed by atoms with Crippen LogP contribution < -0.4 is 0 Å². The maximum absolute atomic E-state index is 11.7. The molecule has 0 amide bonds. The fraction of sp³-hybridized carbons (Fsp3) is 0.778. The minimum atomic E-state index is -3.63. The Morgan fingerprint density at radius 3 is 1.82 bits per heavy atom. The van der Waals surface area contributed by atoms with Crippen molar-refractivity contribution in [3.8, 4) is 0 Å². The molecule has 1 aliphatic rings. The summed E-state index contributed by atoms with van der Waals surface area (Å²) >= 11 is 0. The SMILES string of the molecule is CCOC(=O)C1(C(=O)OCC)CN1S(C)(=O)=O. The van der Waals surface area contributed by atoms with Crippen molar-refractivity contribution in [3.05, 3.63) is 0 Å². The van der Waals surface area contributed by atoms with E-state index < -0.39 is 27.5 Å². The molecule has 0 saturated carbocycles. The number of ether oxygens (including phenoxy) is 2. The number of sulfonamides is 1. The van der Waals surface area contributed by atoms with Crippen LogP contribution in [0.25, 0.3) is 0 Å². The van der Waals surface area contributed by atoms with Gasteiger partial charge in [0.15, 0.2) is 0 Å². The molecular weight excluding hydrogens is 250 g/mol. The standard InChI is InChI=1S/C9H15NO6S/c1-4-15-7(11)9(8(12)16-5-2)6-10(9)17(3,13)14/h4-6H2,1-3H3. The number of hydrogen-bond donors (Lipinski definition) is 0. The van der Waals surface area contributed by atoms with Gasteiger partial charge in [-0.15, -0.1) is 0 Å². The molecule has 1 fully saturated rings. The van der Waals surface area contributed by atoms with Gasteiger partial charge in [0.25, 0.3) is 0 Å². The number of esters is 2. The Labute approximate surface area is 99.7 Å². The predicted octanol–water partition coefficient (Wildman–Crippen LogP) is -0.873. The lowest BCUT2D eigenvalue weighted by Crippen LogP contribution is -2.42. The maximum Gasteiger partial charge on any atom is 0.340 e. The summed E-state index contributed by atoms with van der Waals surface area (Å²) in [5.41, 5.74) is -1.81. The normalized spacial score (nSPS) is 21.7. The van der Waals surface area contributed by atoms with Crippen LogP contribution in [-0.2, 0) is 29.1 Å².